The van der Waals surface area contributed by atoms with E-state index in [4.69, 9.17) is 4.74 Å². The monoisotopic (exact) mass is 424 g/mol. The van der Waals surface area contributed by atoms with Gasteiger partial charge in [-0.15, -0.1) is 0 Å². The van der Waals surface area contributed by atoms with Crippen LogP contribution in [0.1, 0.15) is 22.1 Å². The van der Waals surface area contributed by atoms with E-state index in [1.165, 1.54) is 0 Å². The van der Waals surface area contributed by atoms with Gasteiger partial charge in [-0.3, -0.25) is 5.43 Å². The fraction of sp³-hybridized carbons (Fsp3) is 0.0952. The molecule has 0 amide bonds. The SMILES string of the molecule is Brc1ccc(COc2ccccc2[C@@H]2NN=C(c3ccccc3)S2)cc1. The molecule has 1 aliphatic rings. The van der Waals surface area contributed by atoms with Crippen molar-refractivity contribution in [1.82, 2.24) is 5.43 Å². The number of para-hydroxylation sites is 1. The van der Waals surface area contributed by atoms with Gasteiger partial charge in [-0.2, -0.15) is 5.10 Å². The number of ether oxygens (including phenoxy) is 1. The van der Waals surface area contributed by atoms with Gasteiger partial charge in [-0.25, -0.2) is 0 Å². The lowest BCUT2D eigenvalue weighted by molar-refractivity contribution is 0.302. The Morgan fingerprint density at radius 3 is 2.46 bits per heavy atom. The average Bonchev–Trinajstić information content (AvgIpc) is 3.19. The summed E-state index contributed by atoms with van der Waals surface area (Å²) in [5.41, 5.74) is 6.59. The minimum Gasteiger partial charge on any atom is -0.489 e. The lowest BCUT2D eigenvalue weighted by Gasteiger charge is -2.15. The molecule has 0 saturated carbocycles. The van der Waals surface area contributed by atoms with Crippen molar-refractivity contribution in [3.05, 3.63) is 100 Å². The van der Waals surface area contributed by atoms with Crippen LogP contribution in [0.4, 0.5) is 0 Å². The second-order valence-corrected chi connectivity index (χ2v) is 7.87. The largest absolute Gasteiger partial charge is 0.489 e. The number of nitrogens with zero attached hydrogens (tertiary/aromatic N) is 1. The van der Waals surface area contributed by atoms with Crippen LogP contribution >= 0.6 is 27.7 Å². The van der Waals surface area contributed by atoms with Gasteiger partial charge in [-0.1, -0.05) is 88.4 Å². The maximum Gasteiger partial charge on any atom is 0.126 e. The first-order chi connectivity index (χ1) is 12.8. The topological polar surface area (TPSA) is 33.6 Å². The summed E-state index contributed by atoms with van der Waals surface area (Å²) in [6, 6.07) is 26.5. The van der Waals surface area contributed by atoms with E-state index in [1.54, 1.807) is 11.8 Å². The normalized spacial score (nSPS) is 16.0. The van der Waals surface area contributed by atoms with Gasteiger partial charge >= 0.3 is 0 Å². The summed E-state index contributed by atoms with van der Waals surface area (Å²) in [5.74, 6) is 0.880. The third-order valence-corrected chi connectivity index (χ3v) is 5.72. The molecule has 26 heavy (non-hydrogen) atoms. The zero-order valence-corrected chi connectivity index (χ0v) is 16.3. The van der Waals surface area contributed by atoms with Gasteiger partial charge in [0, 0.05) is 15.6 Å². The molecule has 0 unspecified atom stereocenters. The van der Waals surface area contributed by atoms with Crippen LogP contribution in [0.5, 0.6) is 5.75 Å². The molecule has 3 nitrogen and oxygen atoms in total. The molecule has 130 valence electrons. The second kappa shape index (κ2) is 7.98. The van der Waals surface area contributed by atoms with E-state index in [1.807, 2.05) is 48.5 Å². The van der Waals surface area contributed by atoms with Crippen molar-refractivity contribution in [2.24, 2.45) is 5.10 Å². The van der Waals surface area contributed by atoms with Crippen molar-refractivity contribution in [2.75, 3.05) is 0 Å². The summed E-state index contributed by atoms with van der Waals surface area (Å²) in [6.45, 7) is 0.536. The highest BCUT2D eigenvalue weighted by molar-refractivity contribution is 9.10. The third-order valence-electron chi connectivity index (χ3n) is 4.04. The van der Waals surface area contributed by atoms with Gasteiger partial charge in [0.2, 0.25) is 0 Å². The zero-order chi connectivity index (χ0) is 17.8. The molecule has 3 aromatic carbocycles. The van der Waals surface area contributed by atoms with E-state index < -0.39 is 0 Å². The molecular formula is C21H17BrN2OS. The molecule has 0 fully saturated rings. The van der Waals surface area contributed by atoms with E-state index in [-0.39, 0.29) is 5.37 Å². The summed E-state index contributed by atoms with van der Waals surface area (Å²) in [5, 5.41) is 5.55. The van der Waals surface area contributed by atoms with Gasteiger partial charge in [0.1, 0.15) is 22.8 Å². The molecule has 1 heterocycles. The first-order valence-corrected chi connectivity index (χ1v) is 9.98. The number of hydrogen-bond acceptors (Lipinski definition) is 4. The van der Waals surface area contributed by atoms with Crippen LogP contribution in [0.3, 0.4) is 0 Å². The van der Waals surface area contributed by atoms with E-state index in [9.17, 15) is 0 Å². The molecular weight excluding hydrogens is 408 g/mol. The smallest absolute Gasteiger partial charge is 0.126 e. The van der Waals surface area contributed by atoms with Crippen molar-refractivity contribution < 1.29 is 4.74 Å². The summed E-state index contributed by atoms with van der Waals surface area (Å²) in [7, 11) is 0. The minimum atomic E-state index is 0.0475. The summed E-state index contributed by atoms with van der Waals surface area (Å²) < 4.78 is 7.17. The second-order valence-electron chi connectivity index (χ2n) is 5.86. The van der Waals surface area contributed by atoms with Crippen LogP contribution in [0.25, 0.3) is 0 Å². The molecule has 0 aromatic heterocycles. The van der Waals surface area contributed by atoms with Gasteiger partial charge in [0.25, 0.3) is 0 Å². The fourth-order valence-electron chi connectivity index (χ4n) is 2.70. The van der Waals surface area contributed by atoms with Crippen LogP contribution < -0.4 is 10.2 Å². The van der Waals surface area contributed by atoms with Gasteiger partial charge in [-0.05, 0) is 23.8 Å². The summed E-state index contributed by atoms with van der Waals surface area (Å²) in [4.78, 5) is 0. The van der Waals surface area contributed by atoms with E-state index in [2.05, 4.69) is 56.8 Å². The molecule has 5 heteroatoms. The molecule has 1 atom stereocenters. The van der Waals surface area contributed by atoms with Gasteiger partial charge in [0.05, 0.1) is 0 Å². The molecule has 4 rings (SSSR count). The third kappa shape index (κ3) is 3.94. The molecule has 1 N–H and O–H groups in total. The Bertz CT molecular complexity index is 913. The van der Waals surface area contributed by atoms with Crippen LogP contribution in [0.2, 0.25) is 0 Å². The highest BCUT2D eigenvalue weighted by atomic mass is 79.9. The van der Waals surface area contributed by atoms with Crippen molar-refractivity contribution >= 4 is 32.7 Å². The number of thioether (sulfide) groups is 1. The highest BCUT2D eigenvalue weighted by Gasteiger charge is 2.24. The Hall–Kier alpha value is -2.24. The van der Waals surface area contributed by atoms with E-state index in [0.717, 1.165) is 32.0 Å². The van der Waals surface area contributed by atoms with E-state index >= 15 is 0 Å². The molecule has 1 aliphatic heterocycles. The Balaban J connectivity index is 1.47. The Kier molecular flexibility index (Phi) is 5.27. The first-order valence-electron chi connectivity index (χ1n) is 8.31. The Labute approximate surface area is 165 Å². The van der Waals surface area contributed by atoms with Crippen LogP contribution in [0, 0.1) is 0 Å². The molecule has 0 aliphatic carbocycles. The van der Waals surface area contributed by atoms with Gasteiger partial charge in [0.15, 0.2) is 0 Å². The number of hydrogen-bond donors (Lipinski definition) is 1. The summed E-state index contributed by atoms with van der Waals surface area (Å²) in [6.07, 6.45) is 0. The molecule has 0 saturated heterocycles. The number of rotatable bonds is 5. The minimum absolute atomic E-state index is 0.0475. The van der Waals surface area contributed by atoms with Crippen LogP contribution in [-0.2, 0) is 6.61 Å². The Morgan fingerprint density at radius 2 is 1.65 bits per heavy atom. The molecule has 3 aromatic rings. The number of halogens is 1. The van der Waals surface area contributed by atoms with E-state index in [0.29, 0.717) is 6.61 Å². The first kappa shape index (κ1) is 17.2. The van der Waals surface area contributed by atoms with Crippen LogP contribution in [-0.4, -0.2) is 5.04 Å². The standard InChI is InChI=1S/C21H17BrN2OS/c22-17-12-10-15(11-13-17)14-25-19-9-5-4-8-18(19)21-24-23-20(26-21)16-6-2-1-3-7-16/h1-13,21,24H,14H2/t21-/m1/s1. The lowest BCUT2D eigenvalue weighted by Crippen LogP contribution is -2.09. The number of hydrazone groups is 1. The summed E-state index contributed by atoms with van der Waals surface area (Å²) >= 11 is 5.17. The molecule has 0 spiro atoms. The highest BCUT2D eigenvalue weighted by Crippen LogP contribution is 2.38. The van der Waals surface area contributed by atoms with Crippen molar-refractivity contribution in [2.45, 2.75) is 12.0 Å². The maximum atomic E-state index is 6.10. The Morgan fingerprint density at radius 1 is 0.923 bits per heavy atom. The average molecular weight is 425 g/mol. The van der Waals surface area contributed by atoms with Crippen molar-refractivity contribution in [3.63, 3.8) is 0 Å². The van der Waals surface area contributed by atoms with Crippen molar-refractivity contribution in [1.29, 1.82) is 0 Å². The predicted molar refractivity (Wildman–Crippen MR) is 111 cm³/mol. The van der Waals surface area contributed by atoms with Crippen molar-refractivity contribution in [3.8, 4) is 5.75 Å². The zero-order valence-electron chi connectivity index (χ0n) is 13.9. The molecule has 0 radical (unpaired) electrons. The number of benzene rings is 3. The lowest BCUT2D eigenvalue weighted by atomic mass is 10.2. The number of nitrogens with one attached hydrogen (secondary N) is 1. The quantitative estimate of drug-likeness (QED) is 0.567. The predicted octanol–water partition coefficient (Wildman–Crippen LogP) is 5.72. The van der Waals surface area contributed by atoms with Crippen LogP contribution in [0.15, 0.2) is 88.4 Å². The maximum absolute atomic E-state index is 6.10. The van der Waals surface area contributed by atoms with Gasteiger partial charge < -0.3 is 4.74 Å². The molecule has 0 bridgehead atoms. The fourth-order valence-corrected chi connectivity index (χ4v) is 3.99.